The molecule has 2 aromatic carbocycles. The third-order valence-electron chi connectivity index (χ3n) is 2.79. The molecular weight excluding hydrogens is 294 g/mol. The number of hydrogen-bond acceptors (Lipinski definition) is 4. The first-order valence-corrected chi connectivity index (χ1v) is 6.43. The van der Waals surface area contributed by atoms with Gasteiger partial charge in [-0.25, -0.2) is 0 Å². The quantitative estimate of drug-likeness (QED) is 0.595. The zero-order chi connectivity index (χ0) is 15.4. The second-order valence-corrected chi connectivity index (χ2v) is 4.70. The van der Waals surface area contributed by atoms with Crippen molar-refractivity contribution in [3.8, 4) is 5.75 Å². The number of benzene rings is 2. The number of phenolic OH excluding ortho intramolecular Hbond substituents is 1. The molecule has 5 nitrogen and oxygen atoms in total. The molecule has 0 heterocycles. The van der Waals surface area contributed by atoms with Crippen molar-refractivity contribution < 1.29 is 19.8 Å². The van der Waals surface area contributed by atoms with E-state index in [0.717, 1.165) is 0 Å². The summed E-state index contributed by atoms with van der Waals surface area (Å²) in [6.45, 7) is 0. The van der Waals surface area contributed by atoms with Crippen LogP contribution in [-0.2, 0) is 0 Å². The second kappa shape index (κ2) is 6.39. The fourth-order valence-electron chi connectivity index (χ4n) is 1.71. The summed E-state index contributed by atoms with van der Waals surface area (Å²) in [4.78, 5) is 23.8. The summed E-state index contributed by atoms with van der Waals surface area (Å²) in [6, 6.07) is 11.7. The van der Waals surface area contributed by atoms with Crippen LogP contribution in [0.25, 0.3) is 0 Å². The average Bonchev–Trinajstić information content (AvgIpc) is 2.47. The number of aliphatic hydroxyl groups is 1. The number of aromatic hydroxyl groups is 1. The molecule has 0 aliphatic heterocycles. The summed E-state index contributed by atoms with van der Waals surface area (Å²) in [7, 11) is 0. The third kappa shape index (κ3) is 3.59. The number of amides is 1. The van der Waals surface area contributed by atoms with Gasteiger partial charge < -0.3 is 15.5 Å². The van der Waals surface area contributed by atoms with Crippen molar-refractivity contribution in [2.24, 2.45) is 0 Å². The molecule has 0 aliphatic rings. The maximum absolute atomic E-state index is 11.9. The molecule has 0 aliphatic carbocycles. The number of phenols is 1. The van der Waals surface area contributed by atoms with Gasteiger partial charge in [-0.1, -0.05) is 23.7 Å². The Morgan fingerprint density at radius 1 is 1.05 bits per heavy atom. The molecule has 0 fully saturated rings. The van der Waals surface area contributed by atoms with Gasteiger partial charge in [-0.05, 0) is 36.4 Å². The summed E-state index contributed by atoms with van der Waals surface area (Å²) in [5, 5.41) is 21.9. The van der Waals surface area contributed by atoms with Crippen LogP contribution in [-0.4, -0.2) is 28.1 Å². The van der Waals surface area contributed by atoms with Gasteiger partial charge in [0.15, 0.2) is 6.23 Å². The van der Waals surface area contributed by atoms with E-state index in [-0.39, 0.29) is 16.9 Å². The number of Topliss-reactive ketones (excluding diaryl/α,β-unsaturated/α-hetero) is 1. The Kier molecular flexibility index (Phi) is 4.57. The van der Waals surface area contributed by atoms with Crippen molar-refractivity contribution >= 4 is 23.3 Å². The highest BCUT2D eigenvalue weighted by molar-refractivity contribution is 6.30. The molecule has 0 radical (unpaired) electrons. The Morgan fingerprint density at radius 3 is 2.29 bits per heavy atom. The fourth-order valence-corrected chi connectivity index (χ4v) is 1.83. The number of ketones is 1. The minimum atomic E-state index is -1.71. The maximum Gasteiger partial charge on any atom is 0.257 e. The molecular formula is C15H12ClNO4. The molecule has 0 bridgehead atoms. The van der Waals surface area contributed by atoms with E-state index < -0.39 is 17.9 Å². The third-order valence-corrected chi connectivity index (χ3v) is 3.05. The number of aliphatic hydroxyl groups excluding tert-OH is 1. The Balaban J connectivity index is 2.09. The maximum atomic E-state index is 11.9. The van der Waals surface area contributed by atoms with Gasteiger partial charge in [0.1, 0.15) is 5.75 Å². The van der Waals surface area contributed by atoms with Gasteiger partial charge in [-0.3, -0.25) is 9.59 Å². The Labute approximate surface area is 125 Å². The highest BCUT2D eigenvalue weighted by Gasteiger charge is 2.21. The Hall–Kier alpha value is -2.37. The Morgan fingerprint density at radius 2 is 1.67 bits per heavy atom. The lowest BCUT2D eigenvalue weighted by molar-refractivity contribution is 0.0606. The first kappa shape index (κ1) is 15.0. The molecule has 0 aromatic heterocycles. The molecule has 1 unspecified atom stereocenters. The zero-order valence-electron chi connectivity index (χ0n) is 10.8. The van der Waals surface area contributed by atoms with Gasteiger partial charge in [-0.15, -0.1) is 0 Å². The largest absolute Gasteiger partial charge is 0.507 e. The summed E-state index contributed by atoms with van der Waals surface area (Å²) >= 11 is 5.71. The SMILES string of the molecule is O=C(NC(O)C(=O)c1ccc(Cl)cc1)c1ccccc1O. The van der Waals surface area contributed by atoms with Crippen LogP contribution in [0.4, 0.5) is 0 Å². The monoisotopic (exact) mass is 305 g/mol. The molecule has 0 saturated carbocycles. The molecule has 3 N–H and O–H groups in total. The zero-order valence-corrected chi connectivity index (χ0v) is 11.5. The van der Waals surface area contributed by atoms with Crippen molar-refractivity contribution in [2.75, 3.05) is 0 Å². The molecule has 1 atom stereocenters. The molecule has 2 aromatic rings. The molecule has 6 heteroatoms. The van der Waals surface area contributed by atoms with Crippen molar-refractivity contribution in [1.82, 2.24) is 5.32 Å². The number of nitrogens with one attached hydrogen (secondary N) is 1. The number of halogens is 1. The van der Waals surface area contributed by atoms with Gasteiger partial charge in [0.2, 0.25) is 5.78 Å². The number of para-hydroxylation sites is 1. The minimum absolute atomic E-state index is 0.0274. The topological polar surface area (TPSA) is 86.6 Å². The molecule has 108 valence electrons. The number of carbonyl (C=O) groups is 2. The van der Waals surface area contributed by atoms with Gasteiger partial charge in [0.05, 0.1) is 5.56 Å². The molecule has 0 spiro atoms. The lowest BCUT2D eigenvalue weighted by atomic mass is 10.1. The lowest BCUT2D eigenvalue weighted by Gasteiger charge is -2.12. The summed E-state index contributed by atoms with van der Waals surface area (Å²) < 4.78 is 0. The van der Waals surface area contributed by atoms with Crippen LogP contribution in [0.5, 0.6) is 5.75 Å². The average molecular weight is 306 g/mol. The van der Waals surface area contributed by atoms with Gasteiger partial charge in [-0.2, -0.15) is 0 Å². The van der Waals surface area contributed by atoms with Crippen LogP contribution in [0.15, 0.2) is 48.5 Å². The fraction of sp³-hybridized carbons (Fsp3) is 0.0667. The first-order valence-electron chi connectivity index (χ1n) is 6.06. The molecule has 2 rings (SSSR count). The molecule has 21 heavy (non-hydrogen) atoms. The Bertz CT molecular complexity index is 670. The lowest BCUT2D eigenvalue weighted by Crippen LogP contribution is -2.40. The van der Waals surface area contributed by atoms with E-state index in [9.17, 15) is 19.8 Å². The summed E-state index contributed by atoms with van der Waals surface area (Å²) in [5.74, 6) is -1.65. The van der Waals surface area contributed by atoms with Crippen LogP contribution in [0.3, 0.4) is 0 Å². The number of carbonyl (C=O) groups excluding carboxylic acids is 2. The summed E-state index contributed by atoms with van der Waals surface area (Å²) in [5.41, 5.74) is 0.185. The van der Waals surface area contributed by atoms with Crippen molar-refractivity contribution in [2.45, 2.75) is 6.23 Å². The second-order valence-electron chi connectivity index (χ2n) is 4.26. The van der Waals surface area contributed by atoms with E-state index in [0.29, 0.717) is 5.02 Å². The molecule has 0 saturated heterocycles. The predicted molar refractivity (Wildman–Crippen MR) is 77.4 cm³/mol. The van der Waals surface area contributed by atoms with Crippen LogP contribution in [0, 0.1) is 0 Å². The van der Waals surface area contributed by atoms with E-state index in [1.807, 2.05) is 0 Å². The van der Waals surface area contributed by atoms with Crippen LogP contribution >= 0.6 is 11.6 Å². The van der Waals surface area contributed by atoms with E-state index in [1.54, 1.807) is 12.1 Å². The standard InChI is InChI=1S/C15H12ClNO4/c16-10-7-5-9(6-8-10)13(19)15(21)17-14(20)11-3-1-2-4-12(11)18/h1-8,15,18,21H,(H,17,20). The first-order chi connectivity index (χ1) is 9.99. The van der Waals surface area contributed by atoms with Crippen LogP contribution in [0.2, 0.25) is 5.02 Å². The van der Waals surface area contributed by atoms with Crippen LogP contribution < -0.4 is 5.32 Å². The van der Waals surface area contributed by atoms with Gasteiger partial charge >= 0.3 is 0 Å². The van der Waals surface area contributed by atoms with E-state index in [2.05, 4.69) is 5.32 Å². The van der Waals surface area contributed by atoms with E-state index >= 15 is 0 Å². The highest BCUT2D eigenvalue weighted by atomic mass is 35.5. The van der Waals surface area contributed by atoms with Crippen LogP contribution in [0.1, 0.15) is 20.7 Å². The molecule has 1 amide bonds. The minimum Gasteiger partial charge on any atom is -0.507 e. The number of rotatable bonds is 4. The van der Waals surface area contributed by atoms with Gasteiger partial charge in [0.25, 0.3) is 5.91 Å². The normalized spacial score (nSPS) is 11.7. The van der Waals surface area contributed by atoms with Crippen molar-refractivity contribution in [3.63, 3.8) is 0 Å². The van der Waals surface area contributed by atoms with Crippen molar-refractivity contribution in [3.05, 3.63) is 64.7 Å². The highest BCUT2D eigenvalue weighted by Crippen LogP contribution is 2.16. The van der Waals surface area contributed by atoms with Crippen molar-refractivity contribution in [1.29, 1.82) is 0 Å². The summed E-state index contributed by atoms with van der Waals surface area (Å²) in [6.07, 6.45) is -1.71. The predicted octanol–water partition coefficient (Wildman–Crippen LogP) is 1.98. The smallest absolute Gasteiger partial charge is 0.257 e. The van der Waals surface area contributed by atoms with Gasteiger partial charge in [0, 0.05) is 10.6 Å². The number of hydrogen-bond donors (Lipinski definition) is 3. The van der Waals surface area contributed by atoms with E-state index in [1.165, 1.54) is 36.4 Å². The van der Waals surface area contributed by atoms with E-state index in [4.69, 9.17) is 11.6 Å².